The van der Waals surface area contributed by atoms with Crippen molar-refractivity contribution in [3.8, 4) is 0 Å². The number of hydrogen-bond acceptors (Lipinski definition) is 5. The molecule has 0 aromatic heterocycles. The standard InChI is InChI=1S/C20H19ClN4O5/c1-12-9-18(26)22-16-5-3-4-6-17(16)24(12)19(27)11-23(2)20(28)14-8-7-13(25(29)30)10-15(14)21/h3-8,10,12H,9,11H2,1-2H3,(H,22,26)/t12-/m0/s1. The van der Waals surface area contributed by atoms with E-state index in [1.165, 1.54) is 29.0 Å². The van der Waals surface area contributed by atoms with Gasteiger partial charge in [0.15, 0.2) is 0 Å². The fourth-order valence-electron chi connectivity index (χ4n) is 3.32. The minimum Gasteiger partial charge on any atom is -0.332 e. The lowest BCUT2D eigenvalue weighted by Gasteiger charge is -2.29. The molecule has 3 amide bonds. The van der Waals surface area contributed by atoms with Crippen LogP contribution in [0.2, 0.25) is 5.02 Å². The Morgan fingerprint density at radius 2 is 2.00 bits per heavy atom. The van der Waals surface area contributed by atoms with Gasteiger partial charge in [-0.25, -0.2) is 0 Å². The number of rotatable bonds is 4. The minimum absolute atomic E-state index is 0.0544. The van der Waals surface area contributed by atoms with Gasteiger partial charge in [-0.05, 0) is 25.1 Å². The summed E-state index contributed by atoms with van der Waals surface area (Å²) in [6.45, 7) is 1.49. The van der Waals surface area contributed by atoms with Crippen LogP contribution in [0.5, 0.6) is 0 Å². The largest absolute Gasteiger partial charge is 0.332 e. The van der Waals surface area contributed by atoms with Gasteiger partial charge in [0.1, 0.15) is 6.54 Å². The second-order valence-corrected chi connectivity index (χ2v) is 7.37. The predicted octanol–water partition coefficient (Wildman–Crippen LogP) is 3.08. The maximum absolute atomic E-state index is 13.1. The first-order valence-corrected chi connectivity index (χ1v) is 9.47. The van der Waals surface area contributed by atoms with Crippen LogP contribution in [0.25, 0.3) is 0 Å². The zero-order chi connectivity index (χ0) is 22.0. The van der Waals surface area contributed by atoms with Gasteiger partial charge in [-0.15, -0.1) is 0 Å². The summed E-state index contributed by atoms with van der Waals surface area (Å²) in [4.78, 5) is 50.8. The van der Waals surface area contributed by atoms with Gasteiger partial charge in [0, 0.05) is 31.6 Å². The minimum atomic E-state index is -0.610. The van der Waals surface area contributed by atoms with Crippen molar-refractivity contribution >= 4 is 46.4 Å². The molecule has 0 saturated heterocycles. The Bertz CT molecular complexity index is 1040. The van der Waals surface area contributed by atoms with E-state index in [4.69, 9.17) is 11.6 Å². The first kappa shape index (κ1) is 21.3. The Balaban J connectivity index is 1.82. The Kier molecular flexibility index (Phi) is 6.02. The zero-order valence-electron chi connectivity index (χ0n) is 16.3. The van der Waals surface area contributed by atoms with Crippen molar-refractivity contribution in [1.82, 2.24) is 4.90 Å². The molecule has 2 aromatic rings. The number of para-hydroxylation sites is 2. The average Bonchev–Trinajstić information content (AvgIpc) is 2.81. The molecule has 156 valence electrons. The van der Waals surface area contributed by atoms with Crippen LogP contribution in [0, 0.1) is 10.1 Å². The van der Waals surface area contributed by atoms with Gasteiger partial charge in [-0.3, -0.25) is 24.5 Å². The fraction of sp³-hybridized carbons (Fsp3) is 0.250. The third-order valence-electron chi connectivity index (χ3n) is 4.74. The zero-order valence-corrected chi connectivity index (χ0v) is 17.0. The number of nitrogens with zero attached hydrogens (tertiary/aromatic N) is 3. The van der Waals surface area contributed by atoms with E-state index in [-0.39, 0.29) is 41.1 Å². The molecule has 1 heterocycles. The molecule has 2 aromatic carbocycles. The molecule has 10 heteroatoms. The average molecular weight is 431 g/mol. The number of halogens is 1. The van der Waals surface area contributed by atoms with Crippen molar-refractivity contribution in [3.63, 3.8) is 0 Å². The Labute approximate surface area is 177 Å². The van der Waals surface area contributed by atoms with Crippen molar-refractivity contribution in [2.24, 2.45) is 0 Å². The van der Waals surface area contributed by atoms with Crippen LogP contribution >= 0.6 is 11.6 Å². The lowest BCUT2D eigenvalue weighted by Crippen LogP contribution is -2.45. The van der Waals surface area contributed by atoms with Gasteiger partial charge in [-0.2, -0.15) is 0 Å². The van der Waals surface area contributed by atoms with Crippen molar-refractivity contribution in [1.29, 1.82) is 0 Å². The molecule has 1 N–H and O–H groups in total. The number of hydrogen-bond donors (Lipinski definition) is 1. The maximum atomic E-state index is 13.1. The summed E-state index contributed by atoms with van der Waals surface area (Å²) in [6.07, 6.45) is 0.117. The van der Waals surface area contributed by atoms with Gasteiger partial charge < -0.3 is 15.1 Å². The number of amides is 3. The van der Waals surface area contributed by atoms with Crippen LogP contribution in [-0.2, 0) is 9.59 Å². The number of anilines is 2. The third-order valence-corrected chi connectivity index (χ3v) is 5.05. The molecule has 1 atom stereocenters. The molecule has 30 heavy (non-hydrogen) atoms. The van der Waals surface area contributed by atoms with E-state index in [2.05, 4.69) is 5.32 Å². The monoisotopic (exact) mass is 430 g/mol. The van der Waals surface area contributed by atoms with Crippen molar-refractivity contribution in [2.75, 3.05) is 23.8 Å². The van der Waals surface area contributed by atoms with Crippen LogP contribution in [0.15, 0.2) is 42.5 Å². The summed E-state index contributed by atoms with van der Waals surface area (Å²) in [5, 5.41) is 13.5. The normalized spacial score (nSPS) is 15.6. The molecule has 0 radical (unpaired) electrons. The highest BCUT2D eigenvalue weighted by atomic mass is 35.5. The summed E-state index contributed by atoms with van der Waals surface area (Å²) in [5.41, 5.74) is 0.892. The van der Waals surface area contributed by atoms with Gasteiger partial charge >= 0.3 is 0 Å². The number of nitrogens with one attached hydrogen (secondary N) is 1. The van der Waals surface area contributed by atoms with E-state index < -0.39 is 16.9 Å². The van der Waals surface area contributed by atoms with Gasteiger partial charge in [0.2, 0.25) is 11.8 Å². The van der Waals surface area contributed by atoms with Crippen LogP contribution < -0.4 is 10.2 Å². The van der Waals surface area contributed by atoms with Gasteiger partial charge in [0.25, 0.3) is 11.6 Å². The van der Waals surface area contributed by atoms with Crippen molar-refractivity contribution < 1.29 is 19.3 Å². The number of carbonyl (C=O) groups is 3. The second-order valence-electron chi connectivity index (χ2n) is 6.96. The van der Waals surface area contributed by atoms with E-state index in [0.717, 1.165) is 6.07 Å². The summed E-state index contributed by atoms with van der Waals surface area (Å²) >= 11 is 6.03. The quantitative estimate of drug-likeness (QED) is 0.591. The lowest BCUT2D eigenvalue weighted by molar-refractivity contribution is -0.384. The van der Waals surface area contributed by atoms with Crippen LogP contribution in [0.4, 0.5) is 17.1 Å². The summed E-state index contributed by atoms with van der Waals surface area (Å²) in [5.74, 6) is -1.12. The molecule has 1 aliphatic rings. The first-order chi connectivity index (χ1) is 14.2. The predicted molar refractivity (Wildman–Crippen MR) is 112 cm³/mol. The highest BCUT2D eigenvalue weighted by Crippen LogP contribution is 2.31. The molecule has 0 spiro atoms. The molecular weight excluding hydrogens is 412 g/mol. The molecular formula is C20H19ClN4O5. The first-order valence-electron chi connectivity index (χ1n) is 9.09. The SMILES string of the molecule is C[C@H]1CC(=O)Nc2ccccc2N1C(=O)CN(C)C(=O)c1ccc([N+](=O)[O-])cc1Cl. The van der Waals surface area contributed by atoms with Gasteiger partial charge in [0.05, 0.1) is 26.9 Å². The number of carbonyl (C=O) groups excluding carboxylic acids is 3. The van der Waals surface area contributed by atoms with Gasteiger partial charge in [-0.1, -0.05) is 23.7 Å². The van der Waals surface area contributed by atoms with E-state index in [1.54, 1.807) is 31.2 Å². The topological polar surface area (TPSA) is 113 Å². The van der Waals surface area contributed by atoms with E-state index in [1.807, 2.05) is 0 Å². The fourth-order valence-corrected chi connectivity index (χ4v) is 3.57. The molecule has 9 nitrogen and oxygen atoms in total. The van der Waals surface area contributed by atoms with E-state index in [0.29, 0.717) is 11.4 Å². The van der Waals surface area contributed by atoms with E-state index >= 15 is 0 Å². The van der Waals surface area contributed by atoms with Crippen molar-refractivity contribution in [3.05, 3.63) is 63.2 Å². The summed E-state index contributed by atoms with van der Waals surface area (Å²) < 4.78 is 0. The molecule has 0 unspecified atom stereocenters. The highest BCUT2D eigenvalue weighted by Gasteiger charge is 2.31. The van der Waals surface area contributed by atoms with Crippen LogP contribution in [-0.4, -0.2) is 47.2 Å². The molecule has 0 aliphatic carbocycles. The Morgan fingerprint density at radius 1 is 1.30 bits per heavy atom. The van der Waals surface area contributed by atoms with E-state index in [9.17, 15) is 24.5 Å². The second kappa shape index (κ2) is 8.50. The Morgan fingerprint density at radius 3 is 2.67 bits per heavy atom. The van der Waals surface area contributed by atoms with Crippen LogP contribution in [0.3, 0.4) is 0 Å². The summed E-state index contributed by atoms with van der Waals surface area (Å²) in [6, 6.07) is 10.1. The number of nitro groups is 1. The number of fused-ring (bicyclic) bond motifs is 1. The maximum Gasteiger partial charge on any atom is 0.270 e. The summed E-state index contributed by atoms with van der Waals surface area (Å²) in [7, 11) is 1.44. The Hall–Kier alpha value is -3.46. The number of non-ortho nitro benzene ring substituents is 1. The molecule has 1 aliphatic heterocycles. The third kappa shape index (κ3) is 4.25. The molecule has 0 bridgehead atoms. The van der Waals surface area contributed by atoms with Crippen LogP contribution in [0.1, 0.15) is 23.7 Å². The molecule has 3 rings (SSSR count). The number of likely N-dealkylation sites (N-methyl/N-ethyl adjacent to an activating group) is 1. The number of nitro benzene ring substituents is 1. The number of benzene rings is 2. The van der Waals surface area contributed by atoms with Crippen molar-refractivity contribution in [2.45, 2.75) is 19.4 Å². The lowest BCUT2D eigenvalue weighted by atomic mass is 10.1. The highest BCUT2D eigenvalue weighted by molar-refractivity contribution is 6.34. The smallest absolute Gasteiger partial charge is 0.270 e. The molecule has 0 saturated carbocycles. The molecule has 0 fully saturated rings.